The Kier molecular flexibility index (Phi) is 3.81. The van der Waals surface area contributed by atoms with Crippen molar-refractivity contribution < 1.29 is 9.90 Å². The molecule has 0 saturated heterocycles. The molecule has 1 aliphatic rings. The van der Waals surface area contributed by atoms with Gasteiger partial charge >= 0.3 is 5.97 Å². The number of halogens is 1. The van der Waals surface area contributed by atoms with Gasteiger partial charge in [-0.05, 0) is 42.5 Å². The molecule has 0 aliphatic heterocycles. The van der Waals surface area contributed by atoms with E-state index >= 15 is 0 Å². The van der Waals surface area contributed by atoms with E-state index in [1.807, 2.05) is 6.07 Å². The van der Waals surface area contributed by atoms with Crippen molar-refractivity contribution in [3.63, 3.8) is 0 Å². The molecule has 3 nitrogen and oxygen atoms in total. The number of anilines is 1. The van der Waals surface area contributed by atoms with Gasteiger partial charge in [-0.3, -0.25) is 0 Å². The number of hydrogen-bond donors (Lipinski definition) is 1. The second-order valence-electron chi connectivity index (χ2n) is 4.94. The zero-order chi connectivity index (χ0) is 14.1. The van der Waals surface area contributed by atoms with Gasteiger partial charge in [0.25, 0.3) is 0 Å². The van der Waals surface area contributed by atoms with E-state index in [2.05, 4.69) is 38.3 Å². The normalized spacial score (nSPS) is 14.2. The van der Waals surface area contributed by atoms with Crippen LogP contribution in [0.4, 0.5) is 5.69 Å². The number of aromatic carboxylic acids is 1. The molecule has 0 bridgehead atoms. The van der Waals surface area contributed by atoms with Gasteiger partial charge in [-0.25, -0.2) is 4.79 Å². The van der Waals surface area contributed by atoms with E-state index in [1.165, 1.54) is 17.7 Å². The Morgan fingerprint density at radius 3 is 2.80 bits per heavy atom. The first kappa shape index (κ1) is 13.6. The van der Waals surface area contributed by atoms with Crippen LogP contribution in [0, 0.1) is 0 Å². The highest BCUT2D eigenvalue weighted by atomic mass is 79.9. The SMILES string of the molecule is O=C(O)c1cc(Br)cc(N(Cc2cccs2)C2CC2)c1. The van der Waals surface area contributed by atoms with Crippen molar-refractivity contribution in [1.29, 1.82) is 0 Å². The molecule has 5 heteroatoms. The highest BCUT2D eigenvalue weighted by Crippen LogP contribution is 2.35. The molecule has 0 atom stereocenters. The Morgan fingerprint density at radius 2 is 2.20 bits per heavy atom. The van der Waals surface area contributed by atoms with Crippen LogP contribution >= 0.6 is 27.3 Å². The fourth-order valence-electron chi connectivity index (χ4n) is 2.25. The molecule has 1 N–H and O–H groups in total. The van der Waals surface area contributed by atoms with Crippen molar-refractivity contribution in [2.45, 2.75) is 25.4 Å². The molecule has 0 spiro atoms. The highest BCUT2D eigenvalue weighted by Gasteiger charge is 2.30. The minimum absolute atomic E-state index is 0.325. The molecular formula is C15H14BrNO2S. The van der Waals surface area contributed by atoms with E-state index in [4.69, 9.17) is 0 Å². The van der Waals surface area contributed by atoms with Crippen molar-refractivity contribution in [3.05, 3.63) is 50.6 Å². The summed E-state index contributed by atoms with van der Waals surface area (Å²) in [5.41, 5.74) is 1.30. The van der Waals surface area contributed by atoms with Gasteiger partial charge in [0.05, 0.1) is 12.1 Å². The molecule has 1 saturated carbocycles. The molecule has 104 valence electrons. The number of rotatable bonds is 5. The molecule has 0 radical (unpaired) electrons. The lowest BCUT2D eigenvalue weighted by atomic mass is 10.2. The zero-order valence-electron chi connectivity index (χ0n) is 10.8. The largest absolute Gasteiger partial charge is 0.478 e. The van der Waals surface area contributed by atoms with Gasteiger partial charge in [0.2, 0.25) is 0 Å². The van der Waals surface area contributed by atoms with Crippen molar-refractivity contribution >= 4 is 38.9 Å². The summed E-state index contributed by atoms with van der Waals surface area (Å²) in [5.74, 6) is -0.889. The summed E-state index contributed by atoms with van der Waals surface area (Å²) in [6.45, 7) is 0.845. The molecule has 1 aliphatic carbocycles. The van der Waals surface area contributed by atoms with Crippen molar-refractivity contribution in [2.24, 2.45) is 0 Å². The standard InChI is InChI=1S/C15H14BrNO2S/c16-11-6-10(15(18)19)7-13(8-11)17(12-3-4-12)9-14-2-1-5-20-14/h1-2,5-8,12H,3-4,9H2,(H,18,19). The first-order valence-electron chi connectivity index (χ1n) is 6.46. The third kappa shape index (κ3) is 3.04. The summed E-state index contributed by atoms with van der Waals surface area (Å²) < 4.78 is 0.809. The Bertz CT molecular complexity index is 623. The smallest absolute Gasteiger partial charge is 0.335 e. The molecule has 1 fully saturated rings. The molecule has 3 rings (SSSR count). The van der Waals surface area contributed by atoms with Gasteiger partial charge in [0.1, 0.15) is 0 Å². The number of thiophene rings is 1. The number of hydrogen-bond acceptors (Lipinski definition) is 3. The van der Waals surface area contributed by atoms with Crippen LogP contribution in [0.15, 0.2) is 40.2 Å². The van der Waals surface area contributed by atoms with Gasteiger partial charge in [-0.2, -0.15) is 0 Å². The van der Waals surface area contributed by atoms with Gasteiger partial charge in [-0.15, -0.1) is 11.3 Å². The second-order valence-corrected chi connectivity index (χ2v) is 6.89. The minimum atomic E-state index is -0.889. The number of nitrogens with zero attached hydrogens (tertiary/aromatic N) is 1. The lowest BCUT2D eigenvalue weighted by Gasteiger charge is -2.24. The monoisotopic (exact) mass is 351 g/mol. The number of benzene rings is 1. The van der Waals surface area contributed by atoms with Gasteiger partial charge in [-0.1, -0.05) is 22.0 Å². The van der Waals surface area contributed by atoms with E-state index < -0.39 is 5.97 Å². The molecule has 0 unspecified atom stereocenters. The van der Waals surface area contributed by atoms with E-state index in [0.717, 1.165) is 16.7 Å². The Labute approximate surface area is 130 Å². The van der Waals surface area contributed by atoms with E-state index in [0.29, 0.717) is 11.6 Å². The van der Waals surface area contributed by atoms with Gasteiger partial charge in [0.15, 0.2) is 0 Å². The summed E-state index contributed by atoms with van der Waals surface area (Å²) in [6, 6.07) is 10.1. The number of carboxylic acid groups (broad SMARTS) is 1. The maximum Gasteiger partial charge on any atom is 0.335 e. The number of carbonyl (C=O) groups is 1. The Balaban J connectivity index is 1.93. The van der Waals surface area contributed by atoms with E-state index in [-0.39, 0.29) is 0 Å². The van der Waals surface area contributed by atoms with Crippen molar-refractivity contribution in [1.82, 2.24) is 0 Å². The molecular weight excluding hydrogens is 338 g/mol. The lowest BCUT2D eigenvalue weighted by Crippen LogP contribution is -2.24. The summed E-state index contributed by atoms with van der Waals surface area (Å²) >= 11 is 5.15. The second kappa shape index (κ2) is 5.58. The molecule has 1 aromatic carbocycles. The van der Waals surface area contributed by atoms with Crippen LogP contribution < -0.4 is 4.90 Å². The van der Waals surface area contributed by atoms with Crippen LogP contribution in [0.3, 0.4) is 0 Å². The van der Waals surface area contributed by atoms with Crippen LogP contribution in [0.1, 0.15) is 28.1 Å². The fraction of sp³-hybridized carbons (Fsp3) is 0.267. The van der Waals surface area contributed by atoms with E-state index in [9.17, 15) is 9.90 Å². The maximum atomic E-state index is 11.2. The predicted molar refractivity (Wildman–Crippen MR) is 84.6 cm³/mol. The molecule has 1 heterocycles. The molecule has 0 amide bonds. The predicted octanol–water partition coefficient (Wildman–Crippen LogP) is 4.38. The zero-order valence-corrected chi connectivity index (χ0v) is 13.2. The summed E-state index contributed by atoms with van der Waals surface area (Å²) in [5, 5.41) is 11.3. The van der Waals surface area contributed by atoms with Crippen LogP contribution in [0.2, 0.25) is 0 Å². The van der Waals surface area contributed by atoms with Crippen LogP contribution in [0.5, 0.6) is 0 Å². The van der Waals surface area contributed by atoms with E-state index in [1.54, 1.807) is 23.5 Å². The third-order valence-corrected chi connectivity index (χ3v) is 4.67. The Hall–Kier alpha value is -1.33. The first-order valence-corrected chi connectivity index (χ1v) is 8.13. The number of carboxylic acids is 1. The average Bonchev–Trinajstić information content (AvgIpc) is 3.12. The quantitative estimate of drug-likeness (QED) is 0.868. The van der Waals surface area contributed by atoms with Crippen molar-refractivity contribution in [3.8, 4) is 0 Å². The van der Waals surface area contributed by atoms with Gasteiger partial charge < -0.3 is 10.0 Å². The minimum Gasteiger partial charge on any atom is -0.478 e. The van der Waals surface area contributed by atoms with Crippen LogP contribution in [0.25, 0.3) is 0 Å². The van der Waals surface area contributed by atoms with Gasteiger partial charge in [0, 0.05) is 21.1 Å². The molecule has 2 aromatic rings. The molecule has 20 heavy (non-hydrogen) atoms. The third-order valence-electron chi connectivity index (χ3n) is 3.36. The summed E-state index contributed by atoms with van der Waals surface area (Å²) in [7, 11) is 0. The van der Waals surface area contributed by atoms with Crippen LogP contribution in [-0.2, 0) is 6.54 Å². The highest BCUT2D eigenvalue weighted by molar-refractivity contribution is 9.10. The Morgan fingerprint density at radius 1 is 1.40 bits per heavy atom. The maximum absolute atomic E-state index is 11.2. The summed E-state index contributed by atoms with van der Waals surface area (Å²) in [6.07, 6.45) is 2.36. The van der Waals surface area contributed by atoms with Crippen LogP contribution in [-0.4, -0.2) is 17.1 Å². The lowest BCUT2D eigenvalue weighted by molar-refractivity contribution is 0.0697. The average molecular weight is 352 g/mol. The fourth-order valence-corrected chi connectivity index (χ4v) is 3.44. The van der Waals surface area contributed by atoms with Crippen molar-refractivity contribution in [2.75, 3.05) is 4.90 Å². The molecule has 1 aromatic heterocycles. The first-order chi connectivity index (χ1) is 9.63. The summed E-state index contributed by atoms with van der Waals surface area (Å²) in [4.78, 5) is 14.8. The topological polar surface area (TPSA) is 40.5 Å².